The predicted octanol–water partition coefficient (Wildman–Crippen LogP) is 2.37. The lowest BCUT2D eigenvalue weighted by atomic mass is 9.80. The molecule has 0 bridgehead atoms. The van der Waals surface area contributed by atoms with Gasteiger partial charge in [0.1, 0.15) is 11.5 Å². The van der Waals surface area contributed by atoms with Gasteiger partial charge in [0.25, 0.3) is 0 Å². The lowest BCUT2D eigenvalue weighted by molar-refractivity contribution is -0.125. The molecule has 0 aliphatic rings. The Morgan fingerprint density at radius 2 is 2.00 bits per heavy atom. The molecule has 1 atom stereocenters. The van der Waals surface area contributed by atoms with Gasteiger partial charge in [-0.3, -0.25) is 4.79 Å². The third-order valence-corrected chi connectivity index (χ3v) is 3.88. The maximum atomic E-state index is 11.8. The molecule has 1 heterocycles. The number of nitrogens with zero attached hydrogens (tertiary/aromatic N) is 3. The Morgan fingerprint density at radius 1 is 1.33 bits per heavy atom. The fourth-order valence-corrected chi connectivity index (χ4v) is 2.20. The monoisotopic (exact) mass is 287 g/mol. The number of hydrogen-bond donors (Lipinski definition) is 1. The zero-order valence-electron chi connectivity index (χ0n) is 12.7. The van der Waals surface area contributed by atoms with Crippen molar-refractivity contribution in [2.24, 2.45) is 5.41 Å². The van der Waals surface area contributed by atoms with Crippen LogP contribution in [0.3, 0.4) is 0 Å². The maximum absolute atomic E-state index is 11.8. The summed E-state index contributed by atoms with van der Waals surface area (Å²) in [6, 6.07) is 9.83. The van der Waals surface area contributed by atoms with Gasteiger partial charge in [0.05, 0.1) is 18.8 Å². The molecule has 21 heavy (non-hydrogen) atoms. The van der Waals surface area contributed by atoms with E-state index in [1.165, 1.54) is 0 Å². The number of Topliss-reactive ketones (excluding diaryl/α,β-unsaturated/α-hetero) is 1. The van der Waals surface area contributed by atoms with Gasteiger partial charge >= 0.3 is 0 Å². The molecule has 112 valence electrons. The van der Waals surface area contributed by atoms with E-state index in [0.717, 1.165) is 5.56 Å². The van der Waals surface area contributed by atoms with E-state index in [1.807, 2.05) is 44.2 Å². The summed E-state index contributed by atoms with van der Waals surface area (Å²) in [4.78, 5) is 11.8. The van der Waals surface area contributed by atoms with Crippen molar-refractivity contribution in [3.8, 4) is 0 Å². The number of carbonyl (C=O) groups is 1. The second kappa shape index (κ2) is 6.18. The topological polar surface area (TPSA) is 68.0 Å². The summed E-state index contributed by atoms with van der Waals surface area (Å²) in [6.45, 7) is 5.35. The first-order chi connectivity index (χ1) is 9.94. The molecule has 1 unspecified atom stereocenters. The van der Waals surface area contributed by atoms with Gasteiger partial charge in [0.15, 0.2) is 0 Å². The van der Waals surface area contributed by atoms with Gasteiger partial charge in [-0.2, -0.15) is 0 Å². The van der Waals surface area contributed by atoms with E-state index in [0.29, 0.717) is 12.1 Å². The van der Waals surface area contributed by atoms with Crippen LogP contribution in [0.15, 0.2) is 36.5 Å². The van der Waals surface area contributed by atoms with Crippen LogP contribution in [-0.2, 0) is 11.4 Å². The van der Waals surface area contributed by atoms with Crippen molar-refractivity contribution in [1.29, 1.82) is 0 Å². The molecule has 1 aromatic heterocycles. The molecule has 1 N–H and O–H groups in total. The number of rotatable bonds is 6. The highest BCUT2D eigenvalue weighted by atomic mass is 16.3. The lowest BCUT2D eigenvalue weighted by Gasteiger charge is -2.27. The Balaban J connectivity index is 2.38. The Bertz CT molecular complexity index is 605. The Labute approximate surface area is 124 Å². The zero-order valence-corrected chi connectivity index (χ0v) is 12.7. The van der Waals surface area contributed by atoms with Crippen LogP contribution < -0.4 is 0 Å². The molecule has 1 aromatic carbocycles. The zero-order chi connectivity index (χ0) is 15.5. The standard InChI is InChI=1S/C16H21N3O2/c1-12(21)16(2,3)9-15(13-7-5-4-6-8-13)19-10-14(11-20)17-18-19/h4-8,10,15,20H,9,11H2,1-3H3. The number of ketones is 1. The minimum atomic E-state index is -0.453. The molecular formula is C16H21N3O2. The molecule has 0 saturated carbocycles. The molecule has 5 heteroatoms. The van der Waals surface area contributed by atoms with Gasteiger partial charge in [-0.1, -0.05) is 49.4 Å². The Kier molecular flexibility index (Phi) is 4.53. The largest absolute Gasteiger partial charge is 0.390 e. The van der Waals surface area contributed by atoms with Gasteiger partial charge in [0.2, 0.25) is 0 Å². The van der Waals surface area contributed by atoms with Crippen LogP contribution in [0.4, 0.5) is 0 Å². The first-order valence-corrected chi connectivity index (χ1v) is 7.01. The molecule has 0 aliphatic heterocycles. The summed E-state index contributed by atoms with van der Waals surface area (Å²) >= 11 is 0. The summed E-state index contributed by atoms with van der Waals surface area (Å²) in [5.41, 5.74) is 1.14. The number of hydrogen-bond acceptors (Lipinski definition) is 4. The van der Waals surface area contributed by atoms with Crippen LogP contribution in [0, 0.1) is 5.41 Å². The van der Waals surface area contributed by atoms with Crippen molar-refractivity contribution >= 4 is 5.78 Å². The van der Waals surface area contributed by atoms with Crippen molar-refractivity contribution in [1.82, 2.24) is 15.0 Å². The Morgan fingerprint density at radius 3 is 2.52 bits per heavy atom. The molecule has 0 radical (unpaired) electrons. The molecular weight excluding hydrogens is 266 g/mol. The predicted molar refractivity (Wildman–Crippen MR) is 79.6 cm³/mol. The molecule has 0 fully saturated rings. The quantitative estimate of drug-likeness (QED) is 0.885. The van der Waals surface area contributed by atoms with Gasteiger partial charge in [-0.05, 0) is 18.9 Å². The average molecular weight is 287 g/mol. The minimum Gasteiger partial charge on any atom is -0.390 e. The van der Waals surface area contributed by atoms with Crippen molar-refractivity contribution in [2.45, 2.75) is 39.8 Å². The maximum Gasteiger partial charge on any atom is 0.135 e. The first kappa shape index (κ1) is 15.4. The summed E-state index contributed by atoms with van der Waals surface area (Å²) in [7, 11) is 0. The lowest BCUT2D eigenvalue weighted by Crippen LogP contribution is -2.27. The first-order valence-electron chi connectivity index (χ1n) is 7.01. The van der Waals surface area contributed by atoms with E-state index in [4.69, 9.17) is 5.11 Å². The highest BCUT2D eigenvalue weighted by molar-refractivity contribution is 5.81. The highest BCUT2D eigenvalue weighted by Gasteiger charge is 2.30. The van der Waals surface area contributed by atoms with Gasteiger partial charge in [-0.15, -0.1) is 5.10 Å². The van der Waals surface area contributed by atoms with Crippen LogP contribution in [0.1, 0.15) is 44.5 Å². The fraction of sp³-hybridized carbons (Fsp3) is 0.438. The van der Waals surface area contributed by atoms with E-state index in [9.17, 15) is 4.79 Å². The van der Waals surface area contributed by atoms with Crippen LogP contribution in [0.2, 0.25) is 0 Å². The van der Waals surface area contributed by atoms with Crippen molar-refractivity contribution in [3.63, 3.8) is 0 Å². The van der Waals surface area contributed by atoms with Crippen LogP contribution in [-0.4, -0.2) is 25.9 Å². The summed E-state index contributed by atoms with van der Waals surface area (Å²) in [5, 5.41) is 17.2. The van der Waals surface area contributed by atoms with Crippen molar-refractivity contribution < 1.29 is 9.90 Å². The van der Waals surface area contributed by atoms with Gasteiger partial charge in [0, 0.05) is 5.41 Å². The van der Waals surface area contributed by atoms with Crippen LogP contribution >= 0.6 is 0 Å². The highest BCUT2D eigenvalue weighted by Crippen LogP contribution is 2.33. The smallest absolute Gasteiger partial charge is 0.135 e. The number of benzene rings is 1. The molecule has 5 nitrogen and oxygen atoms in total. The number of carbonyl (C=O) groups excluding carboxylic acids is 1. The third-order valence-electron chi connectivity index (χ3n) is 3.88. The fourth-order valence-electron chi connectivity index (χ4n) is 2.20. The number of aromatic nitrogens is 3. The van der Waals surface area contributed by atoms with Crippen LogP contribution in [0.25, 0.3) is 0 Å². The third kappa shape index (κ3) is 3.55. The normalized spacial score (nSPS) is 13.1. The molecule has 2 rings (SSSR count). The number of aliphatic hydroxyl groups excluding tert-OH is 1. The Hall–Kier alpha value is -2.01. The summed E-state index contributed by atoms with van der Waals surface area (Å²) < 4.78 is 1.73. The minimum absolute atomic E-state index is 0.0853. The second-order valence-corrected chi connectivity index (χ2v) is 5.92. The number of aliphatic hydroxyl groups is 1. The molecule has 2 aromatic rings. The second-order valence-electron chi connectivity index (χ2n) is 5.92. The van der Waals surface area contributed by atoms with E-state index in [2.05, 4.69) is 10.3 Å². The van der Waals surface area contributed by atoms with Gasteiger partial charge < -0.3 is 5.11 Å². The average Bonchev–Trinajstić information content (AvgIpc) is 2.94. The summed E-state index contributed by atoms with van der Waals surface area (Å²) in [5.74, 6) is 0.144. The van der Waals surface area contributed by atoms with Crippen molar-refractivity contribution in [2.75, 3.05) is 0 Å². The van der Waals surface area contributed by atoms with E-state index >= 15 is 0 Å². The van der Waals surface area contributed by atoms with Crippen LogP contribution in [0.5, 0.6) is 0 Å². The van der Waals surface area contributed by atoms with E-state index in [-0.39, 0.29) is 18.4 Å². The molecule has 0 amide bonds. The summed E-state index contributed by atoms with van der Waals surface area (Å²) in [6.07, 6.45) is 2.36. The van der Waals surface area contributed by atoms with E-state index in [1.54, 1.807) is 17.8 Å². The SMILES string of the molecule is CC(=O)C(C)(C)CC(c1ccccc1)n1cc(CO)nn1. The molecule has 0 saturated heterocycles. The van der Waals surface area contributed by atoms with Crippen molar-refractivity contribution in [3.05, 3.63) is 47.8 Å². The van der Waals surface area contributed by atoms with E-state index < -0.39 is 5.41 Å². The molecule has 0 spiro atoms. The molecule has 0 aliphatic carbocycles. The van der Waals surface area contributed by atoms with Gasteiger partial charge in [-0.25, -0.2) is 4.68 Å².